The monoisotopic (exact) mass is 233 g/mol. The minimum absolute atomic E-state index is 0.445. The Hall–Kier alpha value is -1.22. The Labute approximate surface area is 102 Å². The molecule has 3 rings (SSSR count). The van der Waals surface area contributed by atoms with Gasteiger partial charge in [0.05, 0.1) is 13.7 Å². The van der Waals surface area contributed by atoms with Crippen molar-refractivity contribution in [3.63, 3.8) is 0 Å². The molecule has 0 amide bonds. The van der Waals surface area contributed by atoms with Gasteiger partial charge in [0.1, 0.15) is 11.5 Å². The Morgan fingerprint density at radius 1 is 1.47 bits per heavy atom. The molecule has 2 aliphatic rings. The minimum atomic E-state index is 0.445. The molecule has 1 saturated heterocycles. The first-order valence-corrected chi connectivity index (χ1v) is 6.38. The van der Waals surface area contributed by atoms with E-state index in [-0.39, 0.29) is 0 Å². The number of rotatable bonds is 2. The van der Waals surface area contributed by atoms with Gasteiger partial charge in [-0.2, -0.15) is 0 Å². The second-order valence-corrected chi connectivity index (χ2v) is 4.86. The molecule has 0 aromatic heterocycles. The molecule has 1 unspecified atom stereocenters. The van der Waals surface area contributed by atoms with Crippen LogP contribution in [-0.4, -0.2) is 20.3 Å². The van der Waals surface area contributed by atoms with Crippen molar-refractivity contribution in [2.45, 2.75) is 32.2 Å². The fourth-order valence-electron chi connectivity index (χ4n) is 3.05. The van der Waals surface area contributed by atoms with Gasteiger partial charge < -0.3 is 14.8 Å². The summed E-state index contributed by atoms with van der Waals surface area (Å²) in [6.07, 6.45) is 3.46. The lowest BCUT2D eigenvalue weighted by molar-refractivity contribution is 0.356. The summed E-state index contributed by atoms with van der Waals surface area (Å²) in [6.45, 7) is 4.01. The predicted octanol–water partition coefficient (Wildman–Crippen LogP) is 2.36. The summed E-state index contributed by atoms with van der Waals surface area (Å²) in [4.78, 5) is 0. The van der Waals surface area contributed by atoms with Crippen LogP contribution in [0.1, 0.15) is 35.6 Å². The highest BCUT2D eigenvalue weighted by Gasteiger charge is 2.28. The number of methoxy groups -OCH3 is 1. The van der Waals surface area contributed by atoms with Gasteiger partial charge in [0.2, 0.25) is 0 Å². The molecule has 0 spiro atoms. The van der Waals surface area contributed by atoms with E-state index in [1.807, 2.05) is 0 Å². The molecule has 1 fully saturated rings. The Morgan fingerprint density at radius 3 is 3.06 bits per heavy atom. The van der Waals surface area contributed by atoms with Gasteiger partial charge in [-0.15, -0.1) is 0 Å². The fourth-order valence-corrected chi connectivity index (χ4v) is 3.05. The summed E-state index contributed by atoms with van der Waals surface area (Å²) in [6, 6.07) is 2.56. The van der Waals surface area contributed by atoms with Crippen molar-refractivity contribution in [3.05, 3.63) is 22.8 Å². The Morgan fingerprint density at radius 2 is 2.35 bits per heavy atom. The first-order chi connectivity index (χ1) is 8.31. The van der Waals surface area contributed by atoms with Crippen molar-refractivity contribution in [2.24, 2.45) is 0 Å². The average Bonchev–Trinajstić information content (AvgIpc) is 2.97. The zero-order chi connectivity index (χ0) is 11.8. The summed E-state index contributed by atoms with van der Waals surface area (Å²) in [5.74, 6) is 2.11. The standard InChI is InChI=1S/C14H19NO2/c1-9-8-12-10(5-7-17-12)13(14(9)16-2)11-4-3-6-15-11/h8,11,15H,3-7H2,1-2H3. The number of ether oxygens (including phenoxy) is 2. The number of hydrogen-bond donors (Lipinski definition) is 1. The van der Waals surface area contributed by atoms with E-state index < -0.39 is 0 Å². The van der Waals surface area contributed by atoms with Crippen LogP contribution in [0.15, 0.2) is 6.07 Å². The van der Waals surface area contributed by atoms with Gasteiger partial charge in [-0.3, -0.25) is 0 Å². The van der Waals surface area contributed by atoms with Crippen LogP contribution in [0.25, 0.3) is 0 Å². The van der Waals surface area contributed by atoms with Gasteiger partial charge in [-0.1, -0.05) is 0 Å². The molecule has 1 atom stereocenters. The van der Waals surface area contributed by atoms with E-state index >= 15 is 0 Å². The van der Waals surface area contributed by atoms with Crippen LogP contribution >= 0.6 is 0 Å². The van der Waals surface area contributed by atoms with E-state index in [0.29, 0.717) is 6.04 Å². The molecule has 0 bridgehead atoms. The molecule has 0 radical (unpaired) electrons. The van der Waals surface area contributed by atoms with E-state index in [9.17, 15) is 0 Å². The first kappa shape index (κ1) is 10.9. The van der Waals surface area contributed by atoms with Crippen LogP contribution in [0, 0.1) is 6.92 Å². The van der Waals surface area contributed by atoms with E-state index in [2.05, 4.69) is 18.3 Å². The molecule has 1 aromatic carbocycles. The highest BCUT2D eigenvalue weighted by Crippen LogP contribution is 2.42. The van der Waals surface area contributed by atoms with E-state index in [1.54, 1.807) is 7.11 Å². The second kappa shape index (κ2) is 4.22. The molecule has 2 heterocycles. The lowest BCUT2D eigenvalue weighted by Crippen LogP contribution is -2.16. The van der Waals surface area contributed by atoms with Crippen LogP contribution in [0.3, 0.4) is 0 Å². The lowest BCUT2D eigenvalue weighted by atomic mass is 9.94. The highest BCUT2D eigenvalue weighted by molar-refractivity contribution is 5.56. The van der Waals surface area contributed by atoms with Gasteiger partial charge in [0, 0.05) is 23.6 Å². The first-order valence-electron chi connectivity index (χ1n) is 6.38. The lowest BCUT2D eigenvalue weighted by Gasteiger charge is -2.20. The zero-order valence-electron chi connectivity index (χ0n) is 10.5. The van der Waals surface area contributed by atoms with Crippen molar-refractivity contribution < 1.29 is 9.47 Å². The zero-order valence-corrected chi connectivity index (χ0v) is 10.5. The summed E-state index contributed by atoms with van der Waals surface area (Å²) in [5.41, 5.74) is 3.88. The van der Waals surface area contributed by atoms with Crippen LogP contribution in [-0.2, 0) is 6.42 Å². The van der Waals surface area contributed by atoms with Crippen LogP contribution < -0.4 is 14.8 Å². The summed E-state index contributed by atoms with van der Waals surface area (Å²) in [5, 5.41) is 3.57. The van der Waals surface area contributed by atoms with Crippen molar-refractivity contribution >= 4 is 0 Å². The second-order valence-electron chi connectivity index (χ2n) is 4.86. The van der Waals surface area contributed by atoms with Gasteiger partial charge >= 0.3 is 0 Å². The van der Waals surface area contributed by atoms with Gasteiger partial charge in [0.15, 0.2) is 0 Å². The third-order valence-corrected chi connectivity index (χ3v) is 3.80. The van der Waals surface area contributed by atoms with Gasteiger partial charge in [-0.05, 0) is 37.9 Å². The maximum absolute atomic E-state index is 5.70. The fraction of sp³-hybridized carbons (Fsp3) is 0.571. The third kappa shape index (κ3) is 1.69. The number of hydrogen-bond acceptors (Lipinski definition) is 3. The van der Waals surface area contributed by atoms with Crippen molar-refractivity contribution in [3.8, 4) is 11.5 Å². The molecule has 2 aliphatic heterocycles. The quantitative estimate of drug-likeness (QED) is 0.850. The average molecular weight is 233 g/mol. The Bertz CT molecular complexity index is 433. The summed E-state index contributed by atoms with van der Waals surface area (Å²) in [7, 11) is 1.77. The molecule has 92 valence electrons. The van der Waals surface area contributed by atoms with Crippen LogP contribution in [0.5, 0.6) is 11.5 Å². The Balaban J connectivity index is 2.15. The van der Waals surface area contributed by atoms with Gasteiger partial charge in [-0.25, -0.2) is 0 Å². The molecule has 17 heavy (non-hydrogen) atoms. The van der Waals surface area contributed by atoms with E-state index in [0.717, 1.165) is 31.1 Å². The number of aryl methyl sites for hydroxylation is 1. The number of benzene rings is 1. The minimum Gasteiger partial charge on any atom is -0.496 e. The molecule has 1 aromatic rings. The Kier molecular flexibility index (Phi) is 2.71. The molecular weight excluding hydrogens is 214 g/mol. The number of fused-ring (bicyclic) bond motifs is 1. The van der Waals surface area contributed by atoms with Gasteiger partial charge in [0.25, 0.3) is 0 Å². The summed E-state index contributed by atoms with van der Waals surface area (Å²) >= 11 is 0. The van der Waals surface area contributed by atoms with E-state index in [4.69, 9.17) is 9.47 Å². The normalized spacial score (nSPS) is 22.4. The third-order valence-electron chi connectivity index (χ3n) is 3.80. The van der Waals surface area contributed by atoms with Crippen LogP contribution in [0.2, 0.25) is 0 Å². The van der Waals surface area contributed by atoms with Crippen molar-refractivity contribution in [1.29, 1.82) is 0 Å². The van der Waals surface area contributed by atoms with E-state index in [1.165, 1.54) is 29.5 Å². The van der Waals surface area contributed by atoms with Crippen molar-refractivity contribution in [2.75, 3.05) is 20.3 Å². The smallest absolute Gasteiger partial charge is 0.127 e. The topological polar surface area (TPSA) is 30.5 Å². The largest absolute Gasteiger partial charge is 0.496 e. The molecule has 3 nitrogen and oxygen atoms in total. The SMILES string of the molecule is COc1c(C)cc2c(c1C1CCCN1)CCO2. The van der Waals surface area contributed by atoms with Crippen LogP contribution in [0.4, 0.5) is 0 Å². The highest BCUT2D eigenvalue weighted by atomic mass is 16.5. The molecule has 3 heteroatoms. The summed E-state index contributed by atoms with van der Waals surface area (Å²) < 4.78 is 11.3. The molecular formula is C14H19NO2. The maximum atomic E-state index is 5.70. The number of nitrogens with one attached hydrogen (secondary N) is 1. The molecule has 0 aliphatic carbocycles. The maximum Gasteiger partial charge on any atom is 0.127 e. The predicted molar refractivity (Wildman–Crippen MR) is 66.9 cm³/mol. The van der Waals surface area contributed by atoms with Crippen molar-refractivity contribution in [1.82, 2.24) is 5.32 Å². The molecule has 0 saturated carbocycles. The molecule has 1 N–H and O–H groups in total.